The van der Waals surface area contributed by atoms with Crippen molar-refractivity contribution in [1.82, 2.24) is 9.97 Å². The molecule has 0 aliphatic heterocycles. The van der Waals surface area contributed by atoms with Crippen LogP contribution < -0.4 is 5.73 Å². The lowest BCUT2D eigenvalue weighted by Crippen LogP contribution is -2.16. The average molecular weight is 191 g/mol. The third kappa shape index (κ3) is 1.86. The number of aryl methyl sites for hydroxylation is 1. The molecule has 2 N–H and O–H groups in total. The van der Waals surface area contributed by atoms with Gasteiger partial charge in [0.15, 0.2) is 0 Å². The number of nitrogens with zero attached hydrogens (tertiary/aromatic N) is 2. The van der Waals surface area contributed by atoms with Gasteiger partial charge < -0.3 is 5.73 Å². The minimum atomic E-state index is 0.727. The van der Waals surface area contributed by atoms with Crippen molar-refractivity contribution in [2.45, 2.75) is 39.0 Å². The zero-order valence-electron chi connectivity index (χ0n) is 8.66. The van der Waals surface area contributed by atoms with Crippen molar-refractivity contribution in [3.8, 4) is 0 Å². The maximum Gasteiger partial charge on any atom is 0.128 e. The molecular formula is C11H17N3. The van der Waals surface area contributed by atoms with E-state index in [1.54, 1.807) is 6.20 Å². The van der Waals surface area contributed by atoms with Gasteiger partial charge in [-0.15, -0.1) is 0 Å². The predicted molar refractivity (Wildman–Crippen MR) is 56.9 cm³/mol. The number of aromatic nitrogens is 2. The van der Waals surface area contributed by atoms with Gasteiger partial charge in [-0.2, -0.15) is 0 Å². The van der Waals surface area contributed by atoms with Gasteiger partial charge in [-0.3, -0.25) is 0 Å². The van der Waals surface area contributed by atoms with Crippen LogP contribution in [0.3, 0.4) is 0 Å². The van der Waals surface area contributed by atoms with Gasteiger partial charge in [0.2, 0.25) is 0 Å². The third-order valence-corrected chi connectivity index (χ3v) is 2.98. The van der Waals surface area contributed by atoms with E-state index in [9.17, 15) is 0 Å². The molecule has 3 heteroatoms. The Morgan fingerprint density at radius 2 is 2.29 bits per heavy atom. The Labute approximate surface area is 84.8 Å². The van der Waals surface area contributed by atoms with E-state index in [0.29, 0.717) is 0 Å². The van der Waals surface area contributed by atoms with Crippen molar-refractivity contribution in [2.75, 3.05) is 5.73 Å². The monoisotopic (exact) mass is 191 g/mol. The largest absolute Gasteiger partial charge is 0.396 e. The molecule has 1 aliphatic rings. The number of rotatable bonds is 3. The maximum absolute atomic E-state index is 5.75. The Balaban J connectivity index is 2.09. The minimum absolute atomic E-state index is 0.727. The topological polar surface area (TPSA) is 51.8 Å². The molecule has 0 spiro atoms. The van der Waals surface area contributed by atoms with Crippen LogP contribution in [0.25, 0.3) is 0 Å². The van der Waals surface area contributed by atoms with E-state index < -0.39 is 0 Å². The lowest BCUT2D eigenvalue weighted by molar-refractivity contribution is 0.309. The van der Waals surface area contributed by atoms with Crippen molar-refractivity contribution >= 4 is 5.69 Å². The predicted octanol–water partition coefficient (Wildman–Crippen LogP) is 1.96. The van der Waals surface area contributed by atoms with Gasteiger partial charge in [0, 0.05) is 6.42 Å². The summed E-state index contributed by atoms with van der Waals surface area (Å²) in [4.78, 5) is 8.75. The van der Waals surface area contributed by atoms with Gasteiger partial charge in [-0.1, -0.05) is 26.2 Å². The van der Waals surface area contributed by atoms with Crippen molar-refractivity contribution in [3.63, 3.8) is 0 Å². The summed E-state index contributed by atoms with van der Waals surface area (Å²) in [7, 11) is 0. The fourth-order valence-corrected chi connectivity index (χ4v) is 1.80. The first-order valence-corrected chi connectivity index (χ1v) is 5.40. The molecule has 2 rings (SSSR count). The SMILES string of the molecule is CCc1nc(CC2CCC2)ncc1N. The number of hydrogen-bond acceptors (Lipinski definition) is 3. The van der Waals surface area contributed by atoms with Crippen molar-refractivity contribution in [1.29, 1.82) is 0 Å². The summed E-state index contributed by atoms with van der Waals surface area (Å²) in [6.07, 6.45) is 7.74. The highest BCUT2D eigenvalue weighted by Gasteiger charge is 2.19. The van der Waals surface area contributed by atoms with Crippen molar-refractivity contribution in [2.24, 2.45) is 5.92 Å². The molecule has 1 aromatic rings. The molecule has 0 radical (unpaired) electrons. The molecule has 1 fully saturated rings. The number of anilines is 1. The summed E-state index contributed by atoms with van der Waals surface area (Å²) in [6, 6.07) is 0. The fourth-order valence-electron chi connectivity index (χ4n) is 1.80. The van der Waals surface area contributed by atoms with E-state index in [1.807, 2.05) is 0 Å². The Kier molecular flexibility index (Phi) is 2.66. The van der Waals surface area contributed by atoms with E-state index in [4.69, 9.17) is 5.73 Å². The lowest BCUT2D eigenvalue weighted by Gasteiger charge is -2.24. The highest BCUT2D eigenvalue weighted by atomic mass is 14.9. The third-order valence-electron chi connectivity index (χ3n) is 2.98. The lowest BCUT2D eigenvalue weighted by atomic mass is 9.83. The molecule has 1 heterocycles. The summed E-state index contributed by atoms with van der Waals surface area (Å²) in [5.41, 5.74) is 7.47. The van der Waals surface area contributed by atoms with Crippen LogP contribution in [-0.2, 0) is 12.8 Å². The van der Waals surface area contributed by atoms with Crippen LogP contribution in [-0.4, -0.2) is 9.97 Å². The molecule has 1 aromatic heterocycles. The Morgan fingerprint density at radius 3 is 2.86 bits per heavy atom. The average Bonchev–Trinajstić information content (AvgIpc) is 2.14. The van der Waals surface area contributed by atoms with E-state index in [2.05, 4.69) is 16.9 Å². The highest BCUT2D eigenvalue weighted by molar-refractivity contribution is 5.40. The fraction of sp³-hybridized carbons (Fsp3) is 0.636. The van der Waals surface area contributed by atoms with Crippen LogP contribution in [0, 0.1) is 5.92 Å². The number of hydrogen-bond donors (Lipinski definition) is 1. The van der Waals surface area contributed by atoms with E-state index in [1.165, 1.54) is 19.3 Å². The van der Waals surface area contributed by atoms with Crippen LogP contribution in [0.1, 0.15) is 37.7 Å². The molecule has 0 amide bonds. The van der Waals surface area contributed by atoms with Crippen LogP contribution in [0.5, 0.6) is 0 Å². The summed E-state index contributed by atoms with van der Waals surface area (Å²) < 4.78 is 0. The van der Waals surface area contributed by atoms with Gasteiger partial charge in [-0.05, 0) is 12.3 Å². The van der Waals surface area contributed by atoms with E-state index in [0.717, 1.165) is 36.0 Å². The molecule has 0 atom stereocenters. The molecule has 1 saturated carbocycles. The summed E-state index contributed by atoms with van der Waals surface area (Å²) in [6.45, 7) is 2.08. The molecule has 0 aromatic carbocycles. The van der Waals surface area contributed by atoms with Gasteiger partial charge in [-0.25, -0.2) is 9.97 Å². The molecule has 3 nitrogen and oxygen atoms in total. The van der Waals surface area contributed by atoms with Gasteiger partial charge in [0.05, 0.1) is 17.6 Å². The standard InChI is InChI=1S/C11H17N3/c1-2-10-9(12)7-13-11(14-10)6-8-4-3-5-8/h7-8H,2-6,12H2,1H3. The van der Waals surface area contributed by atoms with Crippen LogP contribution in [0.2, 0.25) is 0 Å². The summed E-state index contributed by atoms with van der Waals surface area (Å²) >= 11 is 0. The number of nitrogen functional groups attached to an aromatic ring is 1. The first-order valence-electron chi connectivity index (χ1n) is 5.40. The Hall–Kier alpha value is -1.12. The van der Waals surface area contributed by atoms with Crippen LogP contribution in [0.4, 0.5) is 5.69 Å². The van der Waals surface area contributed by atoms with E-state index in [-0.39, 0.29) is 0 Å². The molecule has 0 bridgehead atoms. The second-order valence-electron chi connectivity index (χ2n) is 4.04. The first-order chi connectivity index (χ1) is 6.79. The van der Waals surface area contributed by atoms with Crippen molar-refractivity contribution in [3.05, 3.63) is 17.7 Å². The summed E-state index contributed by atoms with van der Waals surface area (Å²) in [5.74, 6) is 1.80. The molecule has 0 saturated heterocycles. The second-order valence-corrected chi connectivity index (χ2v) is 4.04. The molecule has 0 unspecified atom stereocenters. The van der Waals surface area contributed by atoms with Gasteiger partial charge >= 0.3 is 0 Å². The smallest absolute Gasteiger partial charge is 0.128 e. The normalized spacial score (nSPS) is 16.6. The zero-order valence-corrected chi connectivity index (χ0v) is 8.66. The van der Waals surface area contributed by atoms with Crippen LogP contribution >= 0.6 is 0 Å². The Morgan fingerprint density at radius 1 is 1.50 bits per heavy atom. The van der Waals surface area contributed by atoms with Crippen molar-refractivity contribution < 1.29 is 0 Å². The number of nitrogens with two attached hydrogens (primary N) is 1. The van der Waals surface area contributed by atoms with Crippen LogP contribution in [0.15, 0.2) is 6.20 Å². The summed E-state index contributed by atoms with van der Waals surface area (Å²) in [5, 5.41) is 0. The molecule has 1 aliphatic carbocycles. The highest BCUT2D eigenvalue weighted by Crippen LogP contribution is 2.28. The second kappa shape index (κ2) is 3.95. The van der Waals surface area contributed by atoms with Gasteiger partial charge in [0.1, 0.15) is 5.82 Å². The molecule has 14 heavy (non-hydrogen) atoms. The molecule has 76 valence electrons. The minimum Gasteiger partial charge on any atom is -0.396 e. The quantitative estimate of drug-likeness (QED) is 0.794. The molecular weight excluding hydrogens is 174 g/mol. The Bertz CT molecular complexity index is 318. The maximum atomic E-state index is 5.75. The first kappa shape index (κ1) is 9.44. The van der Waals surface area contributed by atoms with E-state index >= 15 is 0 Å². The van der Waals surface area contributed by atoms with Gasteiger partial charge in [0.25, 0.3) is 0 Å². The zero-order chi connectivity index (χ0) is 9.97.